The largest absolute Gasteiger partial charge is 0.478 e. The van der Waals surface area contributed by atoms with E-state index in [-0.39, 0.29) is 5.56 Å². The Kier molecular flexibility index (Phi) is 4.05. The first-order valence-corrected chi connectivity index (χ1v) is 8.17. The number of aromatic carboxylic acids is 1. The highest BCUT2D eigenvalue weighted by Crippen LogP contribution is 2.28. The molecule has 2 aromatic carbocycles. The summed E-state index contributed by atoms with van der Waals surface area (Å²) in [7, 11) is 0. The van der Waals surface area contributed by atoms with Gasteiger partial charge in [-0.1, -0.05) is 23.7 Å². The Morgan fingerprint density at radius 1 is 1.14 bits per heavy atom. The van der Waals surface area contributed by atoms with E-state index in [1.807, 2.05) is 30.5 Å². The first kappa shape index (κ1) is 14.9. The fraction of sp³-hybridized carbons (Fsp3) is 0.0588. The summed E-state index contributed by atoms with van der Waals surface area (Å²) >= 11 is 7.62. The van der Waals surface area contributed by atoms with Crippen LogP contribution in [0.15, 0.2) is 53.4 Å². The highest BCUT2D eigenvalue weighted by atomic mass is 35.5. The van der Waals surface area contributed by atoms with Gasteiger partial charge in [-0.3, -0.25) is 0 Å². The van der Waals surface area contributed by atoms with Crippen molar-refractivity contribution in [1.29, 1.82) is 0 Å². The Hall–Kier alpha value is -2.04. The molecular formula is C17H12ClNO2S. The summed E-state index contributed by atoms with van der Waals surface area (Å²) in [4.78, 5) is 17.2. The number of rotatable bonds is 3. The summed E-state index contributed by atoms with van der Waals surface area (Å²) < 4.78 is 0. The number of carbonyl (C=O) groups is 1. The highest BCUT2D eigenvalue weighted by Gasteiger charge is 2.13. The molecule has 0 aliphatic rings. The van der Waals surface area contributed by atoms with E-state index in [9.17, 15) is 9.90 Å². The van der Waals surface area contributed by atoms with Gasteiger partial charge in [0.05, 0.1) is 16.8 Å². The van der Waals surface area contributed by atoms with Crippen LogP contribution in [0, 0.1) is 0 Å². The van der Waals surface area contributed by atoms with Crippen LogP contribution in [0.2, 0.25) is 5.02 Å². The number of hydrogen-bond acceptors (Lipinski definition) is 3. The molecule has 0 aliphatic heterocycles. The van der Waals surface area contributed by atoms with Gasteiger partial charge < -0.3 is 5.11 Å². The molecule has 0 saturated heterocycles. The van der Waals surface area contributed by atoms with E-state index in [1.54, 1.807) is 36.0 Å². The molecule has 0 aliphatic carbocycles. The van der Waals surface area contributed by atoms with Crippen molar-refractivity contribution < 1.29 is 9.90 Å². The zero-order valence-electron chi connectivity index (χ0n) is 11.7. The molecule has 22 heavy (non-hydrogen) atoms. The van der Waals surface area contributed by atoms with E-state index in [2.05, 4.69) is 4.98 Å². The van der Waals surface area contributed by atoms with Gasteiger partial charge in [0.1, 0.15) is 0 Å². The van der Waals surface area contributed by atoms with Crippen molar-refractivity contribution in [2.45, 2.75) is 4.90 Å². The molecule has 0 amide bonds. The zero-order chi connectivity index (χ0) is 15.7. The maximum absolute atomic E-state index is 11.5. The molecule has 110 valence electrons. The second-order valence-corrected chi connectivity index (χ2v) is 6.07. The zero-order valence-corrected chi connectivity index (χ0v) is 13.3. The van der Waals surface area contributed by atoms with Crippen LogP contribution in [0.1, 0.15) is 10.4 Å². The second kappa shape index (κ2) is 5.99. The number of pyridine rings is 1. The maximum atomic E-state index is 11.5. The summed E-state index contributed by atoms with van der Waals surface area (Å²) in [5, 5.41) is 10.5. The minimum absolute atomic E-state index is 0.205. The number of carboxylic acid groups (broad SMARTS) is 1. The third kappa shape index (κ3) is 2.80. The number of nitrogens with zero attached hydrogens (tertiary/aromatic N) is 1. The molecule has 0 radical (unpaired) electrons. The summed E-state index contributed by atoms with van der Waals surface area (Å²) in [6, 6.07) is 14.6. The minimum atomic E-state index is -0.989. The van der Waals surface area contributed by atoms with Crippen LogP contribution in [-0.2, 0) is 0 Å². The summed E-state index contributed by atoms with van der Waals surface area (Å²) in [6.45, 7) is 0. The van der Waals surface area contributed by atoms with Crippen LogP contribution in [0.25, 0.3) is 22.2 Å². The molecule has 0 atom stereocenters. The second-order valence-electron chi connectivity index (χ2n) is 4.75. The van der Waals surface area contributed by atoms with Crippen LogP contribution in [0.5, 0.6) is 0 Å². The van der Waals surface area contributed by atoms with Crippen LogP contribution in [0.3, 0.4) is 0 Å². The smallest absolute Gasteiger partial charge is 0.336 e. The van der Waals surface area contributed by atoms with Gasteiger partial charge in [-0.15, -0.1) is 11.8 Å². The SMILES string of the molecule is CSc1ccc(-c2cc(C(=O)O)c3cc(Cl)ccc3n2)cc1. The topological polar surface area (TPSA) is 50.2 Å². The molecule has 1 heterocycles. The molecule has 0 fully saturated rings. The van der Waals surface area contributed by atoms with Crippen molar-refractivity contribution in [3.8, 4) is 11.3 Å². The number of hydrogen-bond donors (Lipinski definition) is 1. The van der Waals surface area contributed by atoms with Gasteiger partial charge in [0.2, 0.25) is 0 Å². The van der Waals surface area contributed by atoms with E-state index in [0.29, 0.717) is 21.6 Å². The summed E-state index contributed by atoms with van der Waals surface area (Å²) in [6.07, 6.45) is 2.01. The standard InChI is InChI=1S/C17H12ClNO2S/c1-22-12-5-2-10(3-6-12)16-9-14(17(20)21)13-8-11(18)4-7-15(13)19-16/h2-9H,1H3,(H,20,21). The van der Waals surface area contributed by atoms with Crippen LogP contribution in [-0.4, -0.2) is 22.3 Å². The molecular weight excluding hydrogens is 318 g/mol. The fourth-order valence-electron chi connectivity index (χ4n) is 2.28. The fourth-order valence-corrected chi connectivity index (χ4v) is 2.86. The lowest BCUT2D eigenvalue weighted by Crippen LogP contribution is -2.00. The van der Waals surface area contributed by atoms with Crippen molar-refractivity contribution >= 4 is 40.2 Å². The van der Waals surface area contributed by atoms with E-state index in [4.69, 9.17) is 11.6 Å². The molecule has 0 spiro atoms. The third-order valence-electron chi connectivity index (χ3n) is 3.39. The minimum Gasteiger partial charge on any atom is -0.478 e. The molecule has 0 saturated carbocycles. The van der Waals surface area contributed by atoms with Gasteiger partial charge in [-0.05, 0) is 42.7 Å². The predicted molar refractivity (Wildman–Crippen MR) is 90.9 cm³/mol. The lowest BCUT2D eigenvalue weighted by Gasteiger charge is -2.08. The van der Waals surface area contributed by atoms with Crippen molar-refractivity contribution in [3.63, 3.8) is 0 Å². The molecule has 1 aromatic heterocycles. The van der Waals surface area contributed by atoms with E-state index in [0.717, 1.165) is 10.5 Å². The Morgan fingerprint density at radius 2 is 1.86 bits per heavy atom. The van der Waals surface area contributed by atoms with Gasteiger partial charge in [0.25, 0.3) is 0 Å². The number of thioether (sulfide) groups is 1. The molecule has 5 heteroatoms. The number of benzene rings is 2. The number of aromatic nitrogens is 1. The Morgan fingerprint density at radius 3 is 2.50 bits per heavy atom. The summed E-state index contributed by atoms with van der Waals surface area (Å²) in [5.41, 5.74) is 2.35. The van der Waals surface area contributed by atoms with Gasteiger partial charge in [-0.2, -0.15) is 0 Å². The monoisotopic (exact) mass is 329 g/mol. The highest BCUT2D eigenvalue weighted by molar-refractivity contribution is 7.98. The first-order valence-electron chi connectivity index (χ1n) is 6.56. The molecule has 0 unspecified atom stereocenters. The van der Waals surface area contributed by atoms with Gasteiger partial charge in [0.15, 0.2) is 0 Å². The Labute approximate surface area is 137 Å². The number of fused-ring (bicyclic) bond motifs is 1. The third-order valence-corrected chi connectivity index (χ3v) is 4.37. The molecule has 3 rings (SSSR count). The molecule has 0 bridgehead atoms. The van der Waals surface area contributed by atoms with Gasteiger partial charge >= 0.3 is 5.97 Å². The van der Waals surface area contributed by atoms with Crippen LogP contribution < -0.4 is 0 Å². The maximum Gasteiger partial charge on any atom is 0.336 e. The van der Waals surface area contributed by atoms with Crippen LogP contribution >= 0.6 is 23.4 Å². The van der Waals surface area contributed by atoms with Crippen molar-refractivity contribution in [2.75, 3.05) is 6.26 Å². The molecule has 3 nitrogen and oxygen atoms in total. The quantitative estimate of drug-likeness (QED) is 0.689. The van der Waals surface area contributed by atoms with Gasteiger partial charge in [0, 0.05) is 20.9 Å². The lowest BCUT2D eigenvalue weighted by molar-refractivity contribution is 0.0699. The summed E-state index contributed by atoms with van der Waals surface area (Å²) in [5.74, 6) is -0.989. The van der Waals surface area contributed by atoms with E-state index in [1.165, 1.54) is 0 Å². The Bertz CT molecular complexity index is 862. The first-order chi connectivity index (χ1) is 10.6. The van der Waals surface area contributed by atoms with Gasteiger partial charge in [-0.25, -0.2) is 9.78 Å². The lowest BCUT2D eigenvalue weighted by atomic mass is 10.0. The van der Waals surface area contributed by atoms with Crippen molar-refractivity contribution in [1.82, 2.24) is 4.98 Å². The van der Waals surface area contributed by atoms with Crippen LogP contribution in [0.4, 0.5) is 0 Å². The molecule has 3 aromatic rings. The number of halogens is 1. The van der Waals surface area contributed by atoms with E-state index < -0.39 is 5.97 Å². The number of carboxylic acids is 1. The predicted octanol–water partition coefficient (Wildman–Crippen LogP) is 4.98. The average molecular weight is 330 g/mol. The normalized spacial score (nSPS) is 10.8. The Balaban J connectivity index is 2.21. The average Bonchev–Trinajstić information content (AvgIpc) is 2.53. The van der Waals surface area contributed by atoms with E-state index >= 15 is 0 Å². The van der Waals surface area contributed by atoms with Crippen molar-refractivity contribution in [2.24, 2.45) is 0 Å². The molecule has 1 N–H and O–H groups in total. The van der Waals surface area contributed by atoms with Crippen molar-refractivity contribution in [3.05, 3.63) is 59.1 Å².